The fourth-order valence-corrected chi connectivity index (χ4v) is 2.91. The Morgan fingerprint density at radius 2 is 1.73 bits per heavy atom. The van der Waals surface area contributed by atoms with E-state index in [0.717, 1.165) is 0 Å². The molecule has 0 amide bonds. The highest BCUT2D eigenvalue weighted by molar-refractivity contribution is 7.86. The number of ether oxygens (including phenoxy) is 2. The minimum absolute atomic E-state index is 0.0282. The van der Waals surface area contributed by atoms with Crippen LogP contribution in [-0.2, 0) is 10.1 Å². The molecule has 0 saturated heterocycles. The Hall–Kier alpha value is -1.58. The summed E-state index contributed by atoms with van der Waals surface area (Å²) in [5, 5.41) is 8.56. The summed E-state index contributed by atoms with van der Waals surface area (Å²) >= 11 is 0. The minimum Gasteiger partial charge on any atom is -0.497 e. The van der Waals surface area contributed by atoms with Crippen molar-refractivity contribution in [3.05, 3.63) is 18.2 Å². The highest BCUT2D eigenvalue weighted by Gasteiger charge is 2.31. The maximum absolute atomic E-state index is 14.2. The summed E-state index contributed by atoms with van der Waals surface area (Å²) in [6, 6.07) is 4.27. The molecule has 0 spiro atoms. The molecule has 7 nitrogen and oxygen atoms in total. The molecule has 1 rings (SSSR count). The number of halogens is 1. The molecule has 9 heteroatoms. The molecule has 2 unspecified atom stereocenters. The normalized spacial score (nSPS) is 14.3. The Morgan fingerprint density at radius 1 is 1.23 bits per heavy atom. The van der Waals surface area contributed by atoms with Crippen molar-refractivity contribution < 1.29 is 32.0 Å². The molecule has 0 aliphatic carbocycles. The average molecular weight is 337 g/mol. The maximum Gasteiger partial charge on any atom is 0.270 e. The molecule has 1 aromatic carbocycles. The van der Waals surface area contributed by atoms with Crippen molar-refractivity contribution in [2.75, 3.05) is 25.9 Å². The molecule has 0 aromatic heterocycles. The summed E-state index contributed by atoms with van der Waals surface area (Å²) in [6.45, 7) is 0.841. The van der Waals surface area contributed by atoms with Crippen LogP contribution in [0.3, 0.4) is 0 Å². The van der Waals surface area contributed by atoms with Crippen LogP contribution in [0, 0.1) is 0 Å². The second-order valence-corrected chi connectivity index (χ2v) is 6.28. The fraction of sp³-hybridized carbons (Fsp3) is 0.538. The predicted molar refractivity (Wildman–Crippen MR) is 79.6 cm³/mol. The predicted octanol–water partition coefficient (Wildman–Crippen LogP) is 1.42. The van der Waals surface area contributed by atoms with Gasteiger partial charge < -0.3 is 14.6 Å². The van der Waals surface area contributed by atoms with E-state index in [1.54, 1.807) is 6.07 Å². The van der Waals surface area contributed by atoms with Crippen molar-refractivity contribution in [2.24, 2.45) is 0 Å². The third-order valence-corrected chi connectivity index (χ3v) is 4.59. The highest BCUT2D eigenvalue weighted by atomic mass is 32.2. The summed E-state index contributed by atoms with van der Waals surface area (Å²) in [5.41, 5.74) is 0.0282. The topological polar surface area (TPSA) is 96.3 Å². The lowest BCUT2D eigenvalue weighted by molar-refractivity contribution is 0.153. The molecule has 2 N–H and O–H groups in total. The standard InChI is InChI=1S/C13H20FNO6S/c1-4-13(22(17,18)19)12(16)8-15(14)9-5-10(20-2)7-11(6-9)21-3/h5-7,12-13,16H,4,8H2,1-3H3,(H,17,18,19). The van der Waals surface area contributed by atoms with Gasteiger partial charge in [0.1, 0.15) is 16.7 Å². The monoisotopic (exact) mass is 337 g/mol. The minimum atomic E-state index is -4.46. The molecule has 22 heavy (non-hydrogen) atoms. The summed E-state index contributed by atoms with van der Waals surface area (Å²) in [6.07, 6.45) is -1.64. The van der Waals surface area contributed by atoms with Gasteiger partial charge in [-0.3, -0.25) is 4.55 Å². The summed E-state index contributed by atoms with van der Waals surface area (Å²) in [5.74, 6) is 0.682. The lowest BCUT2D eigenvalue weighted by Gasteiger charge is -2.23. The molecule has 0 radical (unpaired) electrons. The van der Waals surface area contributed by atoms with E-state index in [0.29, 0.717) is 11.5 Å². The van der Waals surface area contributed by atoms with E-state index in [2.05, 4.69) is 0 Å². The van der Waals surface area contributed by atoms with Gasteiger partial charge >= 0.3 is 0 Å². The number of benzene rings is 1. The molecule has 0 bridgehead atoms. The smallest absolute Gasteiger partial charge is 0.270 e. The molecule has 0 aliphatic heterocycles. The molecular formula is C13H20FNO6S. The van der Waals surface area contributed by atoms with Gasteiger partial charge in [-0.05, 0) is 6.42 Å². The lowest BCUT2D eigenvalue weighted by atomic mass is 10.2. The van der Waals surface area contributed by atoms with Gasteiger partial charge in [0, 0.05) is 18.2 Å². The first-order valence-electron chi connectivity index (χ1n) is 6.53. The lowest BCUT2D eigenvalue weighted by Crippen LogP contribution is -2.40. The van der Waals surface area contributed by atoms with Crippen molar-refractivity contribution in [1.29, 1.82) is 0 Å². The Bertz CT molecular complexity index is 572. The number of nitrogens with zero attached hydrogens (tertiary/aromatic N) is 1. The highest BCUT2D eigenvalue weighted by Crippen LogP contribution is 2.29. The van der Waals surface area contributed by atoms with Gasteiger partial charge in [-0.2, -0.15) is 8.42 Å². The van der Waals surface area contributed by atoms with E-state index >= 15 is 0 Å². The molecule has 0 aliphatic rings. The maximum atomic E-state index is 14.2. The van der Waals surface area contributed by atoms with Crippen LogP contribution in [0.2, 0.25) is 0 Å². The summed E-state index contributed by atoms with van der Waals surface area (Å²) < 4.78 is 55.5. The molecule has 1 aromatic rings. The van der Waals surface area contributed by atoms with Gasteiger partial charge in [0.15, 0.2) is 0 Å². The molecule has 2 atom stereocenters. The molecule has 126 valence electrons. The zero-order valence-electron chi connectivity index (χ0n) is 12.6. The van der Waals surface area contributed by atoms with Crippen LogP contribution in [0.15, 0.2) is 18.2 Å². The fourth-order valence-electron chi connectivity index (χ4n) is 2.00. The number of aliphatic hydroxyl groups is 1. The zero-order valence-corrected chi connectivity index (χ0v) is 13.4. The van der Waals surface area contributed by atoms with Crippen molar-refractivity contribution in [3.8, 4) is 11.5 Å². The molecule has 0 fully saturated rings. The van der Waals surface area contributed by atoms with Crippen LogP contribution in [0.5, 0.6) is 11.5 Å². The van der Waals surface area contributed by atoms with Crippen molar-refractivity contribution >= 4 is 15.8 Å². The van der Waals surface area contributed by atoms with Crippen LogP contribution in [0.4, 0.5) is 10.2 Å². The summed E-state index contributed by atoms with van der Waals surface area (Å²) in [7, 11) is -1.65. The second kappa shape index (κ2) is 7.61. The van der Waals surface area contributed by atoms with E-state index in [-0.39, 0.29) is 17.2 Å². The number of hydrogen-bond acceptors (Lipinski definition) is 6. The third-order valence-electron chi connectivity index (χ3n) is 3.18. The van der Waals surface area contributed by atoms with E-state index in [1.807, 2.05) is 0 Å². The number of aliphatic hydroxyl groups excluding tert-OH is 1. The molecule has 0 saturated carbocycles. The van der Waals surface area contributed by atoms with Gasteiger partial charge in [0.25, 0.3) is 10.1 Å². The van der Waals surface area contributed by atoms with Gasteiger partial charge in [-0.15, -0.1) is 0 Å². The zero-order chi connectivity index (χ0) is 16.9. The van der Waals surface area contributed by atoms with Crippen molar-refractivity contribution in [2.45, 2.75) is 24.7 Å². The Labute approximate surface area is 128 Å². The first kappa shape index (κ1) is 18.5. The average Bonchev–Trinajstić information content (AvgIpc) is 2.45. The van der Waals surface area contributed by atoms with E-state index in [9.17, 15) is 18.0 Å². The van der Waals surface area contributed by atoms with Gasteiger partial charge in [0.05, 0.1) is 32.6 Å². The first-order chi connectivity index (χ1) is 10.2. The number of anilines is 1. The molecule has 0 heterocycles. The van der Waals surface area contributed by atoms with Crippen LogP contribution in [0.25, 0.3) is 0 Å². The Kier molecular flexibility index (Phi) is 6.39. The number of rotatable bonds is 8. The van der Waals surface area contributed by atoms with E-state index < -0.39 is 28.0 Å². The Morgan fingerprint density at radius 3 is 2.09 bits per heavy atom. The third kappa shape index (κ3) is 4.72. The summed E-state index contributed by atoms with van der Waals surface area (Å²) in [4.78, 5) is 0. The van der Waals surface area contributed by atoms with Crippen LogP contribution in [-0.4, -0.2) is 50.2 Å². The number of hydrogen-bond donors (Lipinski definition) is 2. The van der Waals surface area contributed by atoms with E-state index in [4.69, 9.17) is 14.0 Å². The van der Waals surface area contributed by atoms with Gasteiger partial charge in [-0.1, -0.05) is 11.4 Å². The molecular weight excluding hydrogens is 317 g/mol. The SMILES string of the molecule is CCC(C(O)CN(F)c1cc(OC)cc(OC)c1)S(=O)(=O)O. The van der Waals surface area contributed by atoms with E-state index in [1.165, 1.54) is 33.3 Å². The number of methoxy groups -OCH3 is 2. The largest absolute Gasteiger partial charge is 0.497 e. The van der Waals surface area contributed by atoms with Gasteiger partial charge in [-0.25, -0.2) is 5.12 Å². The first-order valence-corrected chi connectivity index (χ1v) is 8.04. The van der Waals surface area contributed by atoms with Crippen molar-refractivity contribution in [1.82, 2.24) is 0 Å². The van der Waals surface area contributed by atoms with Crippen molar-refractivity contribution in [3.63, 3.8) is 0 Å². The Balaban J connectivity index is 2.94. The quantitative estimate of drug-likeness (QED) is 0.547. The van der Waals surface area contributed by atoms with Crippen LogP contribution >= 0.6 is 0 Å². The van der Waals surface area contributed by atoms with Crippen LogP contribution in [0.1, 0.15) is 13.3 Å². The second-order valence-electron chi connectivity index (χ2n) is 4.64. The van der Waals surface area contributed by atoms with Crippen LogP contribution < -0.4 is 14.6 Å². The van der Waals surface area contributed by atoms with Gasteiger partial charge in [0.2, 0.25) is 0 Å².